The number of ether oxygens (including phenoxy) is 4. The first kappa shape index (κ1) is 27.8. The minimum Gasteiger partial charge on any atom is -0.493 e. The van der Waals surface area contributed by atoms with Crippen molar-refractivity contribution >= 4 is 28.6 Å². The van der Waals surface area contributed by atoms with Gasteiger partial charge in [0.25, 0.3) is 5.91 Å². The Balaban J connectivity index is 1.28. The van der Waals surface area contributed by atoms with Gasteiger partial charge < -0.3 is 34.5 Å². The first-order valence-electron chi connectivity index (χ1n) is 13.4. The summed E-state index contributed by atoms with van der Waals surface area (Å²) in [7, 11) is 4.72. The summed E-state index contributed by atoms with van der Waals surface area (Å²) in [5.74, 6) is 3.00. The molecule has 1 amide bonds. The number of aromatic nitrogens is 2. The van der Waals surface area contributed by atoms with Crippen LogP contribution in [0.2, 0.25) is 0 Å². The number of carbonyl (C=O) groups is 1. The molecule has 4 aromatic rings. The van der Waals surface area contributed by atoms with E-state index in [0.717, 1.165) is 5.56 Å². The molecule has 0 spiro atoms. The number of hydrogen-bond donors (Lipinski definition) is 1. The molecule has 0 bridgehead atoms. The monoisotopic (exact) mass is 557 g/mol. The summed E-state index contributed by atoms with van der Waals surface area (Å²) in [5.41, 5.74) is 7.93. The van der Waals surface area contributed by atoms with Gasteiger partial charge >= 0.3 is 0 Å². The van der Waals surface area contributed by atoms with Crippen LogP contribution >= 0.6 is 0 Å². The van der Waals surface area contributed by atoms with Gasteiger partial charge in [-0.1, -0.05) is 30.3 Å². The third kappa shape index (κ3) is 5.63. The number of nitrogens with zero attached hydrogens (tertiary/aromatic N) is 4. The summed E-state index contributed by atoms with van der Waals surface area (Å²) in [6.45, 7) is 6.14. The Morgan fingerprint density at radius 3 is 2.10 bits per heavy atom. The van der Waals surface area contributed by atoms with Crippen molar-refractivity contribution in [2.75, 3.05) is 58.1 Å². The molecule has 2 N–H and O–H groups in total. The molecular formula is C31H35N5O5. The molecule has 2 heterocycles. The first-order valence-corrected chi connectivity index (χ1v) is 13.4. The lowest BCUT2D eigenvalue weighted by atomic mass is 9.98. The van der Waals surface area contributed by atoms with Crippen LogP contribution in [0.15, 0.2) is 60.7 Å². The van der Waals surface area contributed by atoms with E-state index in [1.807, 2.05) is 54.0 Å². The summed E-state index contributed by atoms with van der Waals surface area (Å²) < 4.78 is 22.7. The molecule has 1 aliphatic heterocycles. The molecule has 0 aliphatic carbocycles. The van der Waals surface area contributed by atoms with Gasteiger partial charge in [0, 0.05) is 43.2 Å². The number of piperazine rings is 1. The van der Waals surface area contributed by atoms with Crippen LogP contribution in [0.3, 0.4) is 0 Å². The smallest absolute Gasteiger partial charge is 0.254 e. The second-order valence-corrected chi connectivity index (χ2v) is 10.3. The molecule has 0 radical (unpaired) electrons. The Labute approximate surface area is 239 Å². The van der Waals surface area contributed by atoms with Crippen molar-refractivity contribution in [1.82, 2.24) is 14.9 Å². The van der Waals surface area contributed by atoms with Crippen molar-refractivity contribution < 1.29 is 23.7 Å². The maximum atomic E-state index is 13.4. The summed E-state index contributed by atoms with van der Waals surface area (Å²) in [4.78, 5) is 26.5. The average Bonchev–Trinajstić information content (AvgIpc) is 3.00. The highest BCUT2D eigenvalue weighted by Crippen LogP contribution is 2.36. The molecule has 1 aromatic heterocycles. The fraction of sp³-hybridized carbons (Fsp3) is 0.323. The van der Waals surface area contributed by atoms with Crippen LogP contribution in [0.25, 0.3) is 10.9 Å². The number of nitrogens with two attached hydrogens (primary N) is 1. The fourth-order valence-electron chi connectivity index (χ4n) is 4.96. The molecule has 3 aromatic carbocycles. The van der Waals surface area contributed by atoms with E-state index in [1.165, 1.54) is 0 Å². The van der Waals surface area contributed by atoms with E-state index < -0.39 is 5.60 Å². The van der Waals surface area contributed by atoms with E-state index in [1.54, 1.807) is 51.7 Å². The number of methoxy groups -OCH3 is 3. The van der Waals surface area contributed by atoms with Crippen molar-refractivity contribution in [2.45, 2.75) is 19.4 Å². The largest absolute Gasteiger partial charge is 0.493 e. The van der Waals surface area contributed by atoms with Crippen molar-refractivity contribution in [3.63, 3.8) is 0 Å². The van der Waals surface area contributed by atoms with Gasteiger partial charge in [0.1, 0.15) is 11.4 Å². The van der Waals surface area contributed by atoms with Crippen LogP contribution in [-0.2, 0) is 5.60 Å². The lowest BCUT2D eigenvalue weighted by Crippen LogP contribution is -2.49. The number of nitrogen functional groups attached to an aromatic ring is 1. The Hall–Kier alpha value is -4.73. The quantitative estimate of drug-likeness (QED) is 0.334. The average molecular weight is 558 g/mol. The minimum atomic E-state index is -0.582. The number of carbonyl (C=O) groups excluding carboxylic acids is 1. The number of fused-ring (bicyclic) bond motifs is 1. The number of hydrogen-bond acceptors (Lipinski definition) is 9. The SMILES string of the molecule is COc1cc2nc(N3CCN(C(=O)c4ccc(OC(C)(C)c5ccccc5)c(OC)c4)CC3)nc(N)c2cc1OC. The van der Waals surface area contributed by atoms with Crippen molar-refractivity contribution in [3.05, 3.63) is 71.8 Å². The normalized spacial score (nSPS) is 13.7. The van der Waals surface area contributed by atoms with Crippen LogP contribution in [-0.4, -0.2) is 68.3 Å². The zero-order valence-corrected chi connectivity index (χ0v) is 24.0. The molecule has 5 rings (SSSR count). The third-order valence-corrected chi connectivity index (χ3v) is 7.31. The second-order valence-electron chi connectivity index (χ2n) is 10.3. The fourth-order valence-corrected chi connectivity index (χ4v) is 4.96. The molecule has 0 saturated carbocycles. The third-order valence-electron chi connectivity index (χ3n) is 7.31. The van der Waals surface area contributed by atoms with E-state index in [9.17, 15) is 4.79 Å². The van der Waals surface area contributed by atoms with Gasteiger partial charge in [-0.25, -0.2) is 4.98 Å². The van der Waals surface area contributed by atoms with Crippen LogP contribution in [0.4, 0.5) is 11.8 Å². The standard InChI is InChI=1S/C31H35N5O5/c1-31(2,21-9-7-6-8-10-21)41-24-12-11-20(17-25(24)38-3)29(37)35-13-15-36(16-14-35)30-33-23-19-27(40-5)26(39-4)18-22(23)28(32)34-30/h6-12,17-19H,13-16H2,1-5H3,(H2,32,33,34). The van der Waals surface area contributed by atoms with Gasteiger partial charge in [0.05, 0.1) is 26.8 Å². The topological polar surface area (TPSA) is 112 Å². The molecule has 0 unspecified atom stereocenters. The molecule has 10 heteroatoms. The van der Waals surface area contributed by atoms with Gasteiger partial charge in [-0.2, -0.15) is 4.98 Å². The number of amides is 1. The van der Waals surface area contributed by atoms with Gasteiger partial charge in [0.2, 0.25) is 5.95 Å². The Morgan fingerprint density at radius 1 is 0.805 bits per heavy atom. The maximum absolute atomic E-state index is 13.4. The molecule has 10 nitrogen and oxygen atoms in total. The first-order chi connectivity index (χ1) is 19.7. The van der Waals surface area contributed by atoms with E-state index >= 15 is 0 Å². The number of anilines is 2. The van der Waals surface area contributed by atoms with Gasteiger partial charge in [-0.3, -0.25) is 4.79 Å². The molecule has 1 aliphatic rings. The molecule has 214 valence electrons. The summed E-state index contributed by atoms with van der Waals surface area (Å²) >= 11 is 0. The van der Waals surface area contributed by atoms with E-state index in [2.05, 4.69) is 4.98 Å². The predicted molar refractivity (Wildman–Crippen MR) is 158 cm³/mol. The van der Waals surface area contributed by atoms with E-state index in [4.69, 9.17) is 29.7 Å². The van der Waals surface area contributed by atoms with Crippen LogP contribution < -0.4 is 29.6 Å². The lowest BCUT2D eigenvalue weighted by Gasteiger charge is -2.35. The van der Waals surface area contributed by atoms with Gasteiger partial charge in [0.15, 0.2) is 23.0 Å². The van der Waals surface area contributed by atoms with E-state index in [0.29, 0.717) is 77.4 Å². The second kappa shape index (κ2) is 11.4. The van der Waals surface area contributed by atoms with Crippen LogP contribution in [0.1, 0.15) is 29.8 Å². The lowest BCUT2D eigenvalue weighted by molar-refractivity contribution is 0.0745. The van der Waals surface area contributed by atoms with E-state index in [-0.39, 0.29) is 5.91 Å². The zero-order valence-electron chi connectivity index (χ0n) is 24.0. The zero-order chi connectivity index (χ0) is 29.1. The number of benzene rings is 3. The van der Waals surface area contributed by atoms with Crippen LogP contribution in [0.5, 0.6) is 23.0 Å². The summed E-state index contributed by atoms with van der Waals surface area (Å²) in [5, 5.41) is 0.689. The highest BCUT2D eigenvalue weighted by atomic mass is 16.5. The molecule has 0 atom stereocenters. The van der Waals surface area contributed by atoms with Crippen molar-refractivity contribution in [2.24, 2.45) is 0 Å². The Kier molecular flexibility index (Phi) is 7.74. The van der Waals surface area contributed by atoms with Crippen molar-refractivity contribution in [1.29, 1.82) is 0 Å². The Morgan fingerprint density at radius 2 is 1.44 bits per heavy atom. The Bertz CT molecular complexity index is 1550. The maximum Gasteiger partial charge on any atom is 0.254 e. The van der Waals surface area contributed by atoms with Gasteiger partial charge in [-0.05, 0) is 43.7 Å². The molecular weight excluding hydrogens is 522 g/mol. The molecule has 1 fully saturated rings. The number of rotatable bonds is 8. The van der Waals surface area contributed by atoms with Gasteiger partial charge in [-0.15, -0.1) is 0 Å². The molecule has 1 saturated heterocycles. The minimum absolute atomic E-state index is 0.0763. The highest BCUT2D eigenvalue weighted by molar-refractivity contribution is 5.95. The predicted octanol–water partition coefficient (Wildman–Crippen LogP) is 4.51. The summed E-state index contributed by atoms with van der Waals surface area (Å²) in [6.07, 6.45) is 0. The summed E-state index contributed by atoms with van der Waals surface area (Å²) in [6, 6.07) is 18.9. The highest BCUT2D eigenvalue weighted by Gasteiger charge is 2.27. The van der Waals surface area contributed by atoms with Crippen molar-refractivity contribution in [3.8, 4) is 23.0 Å². The van der Waals surface area contributed by atoms with Crippen LogP contribution in [0, 0.1) is 0 Å². The molecule has 41 heavy (non-hydrogen) atoms.